The Balaban J connectivity index is 1.55. The minimum Gasteiger partial charge on any atom is -0.281 e. The van der Waals surface area contributed by atoms with Crippen molar-refractivity contribution in [3.63, 3.8) is 0 Å². The standard InChI is InChI=1S/C12H21N5/c1-2-13(1)11(14-3-4-14)12(15-5-6-15,16-7-8-16)17-9-10-17/h11H,1-10H2. The lowest BCUT2D eigenvalue weighted by Gasteiger charge is -2.46. The van der Waals surface area contributed by atoms with Crippen LogP contribution in [0.1, 0.15) is 0 Å². The van der Waals surface area contributed by atoms with Gasteiger partial charge in [-0.25, -0.2) is 0 Å². The average molecular weight is 235 g/mol. The van der Waals surface area contributed by atoms with Gasteiger partial charge in [-0.3, -0.25) is 24.5 Å². The van der Waals surface area contributed by atoms with Gasteiger partial charge in [0.1, 0.15) is 6.17 Å². The Morgan fingerprint density at radius 3 is 1.12 bits per heavy atom. The van der Waals surface area contributed by atoms with Crippen LogP contribution in [0.3, 0.4) is 0 Å². The SMILES string of the molecule is C1CN1C(N1CC1)C(N1CC1)(N1CC1)N1CC1. The van der Waals surface area contributed by atoms with E-state index in [1.54, 1.807) is 0 Å². The Labute approximate surface area is 103 Å². The van der Waals surface area contributed by atoms with Crippen molar-refractivity contribution >= 4 is 0 Å². The van der Waals surface area contributed by atoms with Crippen LogP contribution in [-0.2, 0) is 0 Å². The van der Waals surface area contributed by atoms with Gasteiger partial charge in [0.15, 0.2) is 5.79 Å². The summed E-state index contributed by atoms with van der Waals surface area (Å²) in [6, 6.07) is 0. The van der Waals surface area contributed by atoms with Crippen LogP contribution in [0.5, 0.6) is 0 Å². The van der Waals surface area contributed by atoms with Gasteiger partial charge >= 0.3 is 0 Å². The molecule has 5 saturated heterocycles. The second-order valence-electron chi connectivity index (χ2n) is 6.09. The summed E-state index contributed by atoms with van der Waals surface area (Å²) < 4.78 is 0. The molecule has 0 aromatic carbocycles. The van der Waals surface area contributed by atoms with Gasteiger partial charge in [-0.2, -0.15) is 0 Å². The fourth-order valence-corrected chi connectivity index (χ4v) is 3.55. The first kappa shape index (κ1) is 9.69. The van der Waals surface area contributed by atoms with Crippen molar-refractivity contribution in [2.75, 3.05) is 65.4 Å². The van der Waals surface area contributed by atoms with Crippen molar-refractivity contribution in [1.82, 2.24) is 24.5 Å². The second-order valence-corrected chi connectivity index (χ2v) is 6.09. The fourth-order valence-electron chi connectivity index (χ4n) is 3.55. The fraction of sp³-hybridized carbons (Fsp3) is 1.00. The Morgan fingerprint density at radius 2 is 0.882 bits per heavy atom. The van der Waals surface area contributed by atoms with E-state index in [0.29, 0.717) is 6.17 Å². The van der Waals surface area contributed by atoms with E-state index >= 15 is 0 Å². The molecule has 0 atom stereocenters. The van der Waals surface area contributed by atoms with Crippen molar-refractivity contribution in [3.8, 4) is 0 Å². The van der Waals surface area contributed by atoms with Gasteiger partial charge in [-0.05, 0) is 0 Å². The maximum absolute atomic E-state index is 2.72. The largest absolute Gasteiger partial charge is 0.281 e. The maximum atomic E-state index is 2.72. The van der Waals surface area contributed by atoms with Gasteiger partial charge in [-0.15, -0.1) is 0 Å². The van der Waals surface area contributed by atoms with Gasteiger partial charge in [0.2, 0.25) is 0 Å². The summed E-state index contributed by atoms with van der Waals surface area (Å²) in [6.45, 7) is 13.1. The van der Waals surface area contributed by atoms with E-state index in [2.05, 4.69) is 24.5 Å². The Kier molecular flexibility index (Phi) is 1.73. The van der Waals surface area contributed by atoms with Crippen LogP contribution < -0.4 is 0 Å². The van der Waals surface area contributed by atoms with Crippen LogP contribution >= 0.6 is 0 Å². The molecule has 0 saturated carbocycles. The van der Waals surface area contributed by atoms with Gasteiger partial charge in [0, 0.05) is 65.4 Å². The third kappa shape index (κ3) is 1.37. The maximum Gasteiger partial charge on any atom is 0.161 e. The summed E-state index contributed by atoms with van der Waals surface area (Å²) in [5.74, 6) is 0.271. The quantitative estimate of drug-likeness (QED) is 0.521. The van der Waals surface area contributed by atoms with Crippen LogP contribution in [0.25, 0.3) is 0 Å². The van der Waals surface area contributed by atoms with E-state index in [9.17, 15) is 0 Å². The third-order valence-corrected chi connectivity index (χ3v) is 4.74. The van der Waals surface area contributed by atoms with E-state index < -0.39 is 0 Å². The first-order valence-electron chi connectivity index (χ1n) is 7.14. The molecule has 5 fully saturated rings. The summed E-state index contributed by atoms with van der Waals surface area (Å²) in [6.07, 6.45) is 0.662. The highest BCUT2D eigenvalue weighted by Gasteiger charge is 2.66. The molecule has 0 aliphatic carbocycles. The zero-order valence-corrected chi connectivity index (χ0v) is 10.4. The zero-order valence-electron chi connectivity index (χ0n) is 10.4. The molecule has 0 aromatic heterocycles. The summed E-state index contributed by atoms with van der Waals surface area (Å²) >= 11 is 0. The van der Waals surface area contributed by atoms with E-state index in [1.165, 1.54) is 65.4 Å². The summed E-state index contributed by atoms with van der Waals surface area (Å²) in [4.78, 5) is 13.5. The molecule has 94 valence electrons. The van der Waals surface area contributed by atoms with E-state index in [1.807, 2.05) is 0 Å². The minimum atomic E-state index is 0.271. The molecular weight excluding hydrogens is 214 g/mol. The molecule has 0 unspecified atom stereocenters. The molecule has 0 N–H and O–H groups in total. The number of hydrogen-bond acceptors (Lipinski definition) is 5. The van der Waals surface area contributed by atoms with E-state index in [4.69, 9.17) is 0 Å². The molecule has 0 bridgehead atoms. The van der Waals surface area contributed by atoms with Crippen LogP contribution in [0.2, 0.25) is 0 Å². The van der Waals surface area contributed by atoms with E-state index in [-0.39, 0.29) is 5.79 Å². The molecule has 5 rings (SSSR count). The van der Waals surface area contributed by atoms with Crippen LogP contribution in [0.15, 0.2) is 0 Å². The Bertz CT molecular complexity index is 296. The summed E-state index contributed by atoms with van der Waals surface area (Å²) in [5, 5.41) is 0. The molecule has 5 heterocycles. The van der Waals surface area contributed by atoms with Crippen LogP contribution in [0.4, 0.5) is 0 Å². The van der Waals surface area contributed by atoms with Crippen molar-refractivity contribution < 1.29 is 0 Å². The lowest BCUT2D eigenvalue weighted by atomic mass is 10.2. The lowest BCUT2D eigenvalue weighted by Crippen LogP contribution is -2.66. The number of rotatable bonds is 6. The van der Waals surface area contributed by atoms with Crippen molar-refractivity contribution in [3.05, 3.63) is 0 Å². The molecule has 5 nitrogen and oxygen atoms in total. The topological polar surface area (TPSA) is 15.0 Å². The number of nitrogens with zero attached hydrogens (tertiary/aromatic N) is 5. The molecule has 0 spiro atoms. The molecule has 17 heavy (non-hydrogen) atoms. The molecule has 0 amide bonds. The molecule has 5 aliphatic heterocycles. The predicted molar refractivity (Wildman–Crippen MR) is 64.4 cm³/mol. The van der Waals surface area contributed by atoms with Gasteiger partial charge in [-0.1, -0.05) is 0 Å². The van der Waals surface area contributed by atoms with Crippen LogP contribution in [0, 0.1) is 0 Å². The molecule has 0 aromatic rings. The average Bonchev–Trinajstić information content (AvgIpc) is 3.12. The highest BCUT2D eigenvalue weighted by molar-refractivity contribution is 5.14. The first-order chi connectivity index (χ1) is 8.40. The summed E-state index contributed by atoms with van der Waals surface area (Å²) in [5.41, 5.74) is 0. The van der Waals surface area contributed by atoms with E-state index in [0.717, 1.165) is 0 Å². The predicted octanol–water partition coefficient (Wildman–Crippen LogP) is -1.46. The second kappa shape index (κ2) is 3.03. The Morgan fingerprint density at radius 1 is 0.529 bits per heavy atom. The summed E-state index contributed by atoms with van der Waals surface area (Å²) in [7, 11) is 0. The smallest absolute Gasteiger partial charge is 0.161 e. The van der Waals surface area contributed by atoms with Crippen LogP contribution in [-0.4, -0.2) is 102 Å². The van der Waals surface area contributed by atoms with Crippen molar-refractivity contribution in [1.29, 1.82) is 0 Å². The molecule has 0 radical (unpaired) electrons. The Hall–Kier alpha value is -0.200. The molecule has 5 aliphatic rings. The lowest BCUT2D eigenvalue weighted by molar-refractivity contribution is -0.0946. The van der Waals surface area contributed by atoms with Gasteiger partial charge in [0.05, 0.1) is 0 Å². The normalized spacial score (nSPS) is 34.4. The third-order valence-electron chi connectivity index (χ3n) is 4.74. The first-order valence-corrected chi connectivity index (χ1v) is 7.14. The van der Waals surface area contributed by atoms with Crippen molar-refractivity contribution in [2.45, 2.75) is 12.0 Å². The van der Waals surface area contributed by atoms with Gasteiger partial charge < -0.3 is 0 Å². The monoisotopic (exact) mass is 235 g/mol. The molecular formula is C12H21N5. The van der Waals surface area contributed by atoms with Gasteiger partial charge in [0.25, 0.3) is 0 Å². The molecule has 5 heteroatoms. The number of hydrogen-bond donors (Lipinski definition) is 0. The minimum absolute atomic E-state index is 0.271. The highest BCUT2D eigenvalue weighted by atomic mass is 15.7. The van der Waals surface area contributed by atoms with Crippen molar-refractivity contribution in [2.24, 2.45) is 0 Å². The highest BCUT2D eigenvalue weighted by Crippen LogP contribution is 2.46. The zero-order chi connectivity index (χ0) is 11.0.